The largest absolute Gasteiger partial charge is 0.481 e. The highest BCUT2D eigenvalue weighted by Gasteiger charge is 2.37. The maximum atomic E-state index is 10.3. The Labute approximate surface area is 79.1 Å². The summed E-state index contributed by atoms with van der Waals surface area (Å²) in [5.74, 6) is -0.899. The number of aliphatic hydroxyl groups is 1. The molecule has 0 fully saturated rings. The first-order valence-electron chi connectivity index (χ1n) is 4.31. The van der Waals surface area contributed by atoms with Crippen LogP contribution in [0, 0.1) is 5.41 Å². The molecule has 0 radical (unpaired) electrons. The van der Waals surface area contributed by atoms with E-state index >= 15 is 0 Å². The third-order valence-electron chi connectivity index (χ3n) is 2.36. The highest BCUT2D eigenvalue weighted by atomic mass is 16.4. The predicted molar refractivity (Wildman–Crippen MR) is 51.5 cm³/mol. The third-order valence-corrected chi connectivity index (χ3v) is 2.36. The van der Waals surface area contributed by atoms with E-state index in [0.717, 1.165) is 0 Å². The Bertz CT molecular complexity index is 203. The molecule has 3 nitrogen and oxygen atoms in total. The Morgan fingerprint density at radius 1 is 1.46 bits per heavy atom. The summed E-state index contributed by atoms with van der Waals surface area (Å²) in [6, 6.07) is 0. The lowest BCUT2D eigenvalue weighted by Crippen LogP contribution is -2.41. The van der Waals surface area contributed by atoms with Crippen LogP contribution in [0.2, 0.25) is 0 Å². The molecule has 0 bridgehead atoms. The second-order valence-corrected chi connectivity index (χ2v) is 4.27. The molecular weight excluding hydrogens is 168 g/mol. The lowest BCUT2D eigenvalue weighted by Gasteiger charge is -2.37. The van der Waals surface area contributed by atoms with E-state index in [1.54, 1.807) is 0 Å². The zero-order valence-corrected chi connectivity index (χ0v) is 8.50. The van der Waals surface area contributed by atoms with Gasteiger partial charge in [0, 0.05) is 6.42 Å². The van der Waals surface area contributed by atoms with Crippen LogP contribution in [-0.4, -0.2) is 21.8 Å². The maximum absolute atomic E-state index is 10.3. The number of carboxylic acid groups (broad SMARTS) is 1. The quantitative estimate of drug-likeness (QED) is 0.658. The molecule has 0 heterocycles. The van der Waals surface area contributed by atoms with Gasteiger partial charge in [-0.25, -0.2) is 0 Å². The van der Waals surface area contributed by atoms with Gasteiger partial charge in [-0.3, -0.25) is 4.79 Å². The van der Waals surface area contributed by atoms with Crippen LogP contribution in [0.25, 0.3) is 0 Å². The topological polar surface area (TPSA) is 57.5 Å². The van der Waals surface area contributed by atoms with Crippen LogP contribution in [-0.2, 0) is 4.79 Å². The molecule has 0 amide bonds. The molecule has 0 aromatic carbocycles. The number of hydrogen-bond acceptors (Lipinski definition) is 2. The van der Waals surface area contributed by atoms with Gasteiger partial charge < -0.3 is 10.2 Å². The average molecular weight is 186 g/mol. The summed E-state index contributed by atoms with van der Waals surface area (Å²) in [5, 5.41) is 18.5. The van der Waals surface area contributed by atoms with Gasteiger partial charge >= 0.3 is 5.97 Å². The Hall–Kier alpha value is -0.830. The summed E-state index contributed by atoms with van der Waals surface area (Å²) in [5.41, 5.74) is -1.49. The smallest absolute Gasteiger partial charge is 0.303 e. The molecule has 0 aliphatic heterocycles. The van der Waals surface area contributed by atoms with Crippen LogP contribution in [0.3, 0.4) is 0 Å². The van der Waals surface area contributed by atoms with Crippen molar-refractivity contribution < 1.29 is 15.0 Å². The van der Waals surface area contributed by atoms with Gasteiger partial charge in [0.25, 0.3) is 0 Å². The summed E-state index contributed by atoms with van der Waals surface area (Å²) in [7, 11) is 0. The van der Waals surface area contributed by atoms with Crippen molar-refractivity contribution in [3.05, 3.63) is 12.7 Å². The molecule has 0 aliphatic carbocycles. The minimum Gasteiger partial charge on any atom is -0.481 e. The molecular formula is C10H18O3. The summed E-state index contributed by atoms with van der Waals surface area (Å²) in [6.45, 7) is 9.11. The minimum absolute atomic E-state index is 0.0419. The van der Waals surface area contributed by atoms with E-state index in [2.05, 4.69) is 6.58 Å². The monoisotopic (exact) mass is 186 g/mol. The lowest BCUT2D eigenvalue weighted by atomic mass is 9.74. The molecule has 0 spiro atoms. The van der Waals surface area contributed by atoms with Crippen molar-refractivity contribution in [3.63, 3.8) is 0 Å². The van der Waals surface area contributed by atoms with Gasteiger partial charge in [0.15, 0.2) is 0 Å². The number of hydrogen-bond donors (Lipinski definition) is 2. The van der Waals surface area contributed by atoms with Crippen LogP contribution < -0.4 is 0 Å². The molecule has 76 valence electrons. The second-order valence-electron chi connectivity index (χ2n) is 4.27. The molecule has 1 atom stereocenters. The highest BCUT2D eigenvalue weighted by molar-refractivity contribution is 5.66. The van der Waals surface area contributed by atoms with Crippen LogP contribution >= 0.6 is 0 Å². The van der Waals surface area contributed by atoms with Crippen LogP contribution in [0.15, 0.2) is 12.7 Å². The summed E-state index contributed by atoms with van der Waals surface area (Å²) >= 11 is 0. The van der Waals surface area contributed by atoms with Gasteiger partial charge in [0.05, 0.1) is 5.60 Å². The zero-order chi connectivity index (χ0) is 10.7. The molecule has 0 saturated heterocycles. The maximum Gasteiger partial charge on any atom is 0.303 e. The van der Waals surface area contributed by atoms with E-state index in [1.165, 1.54) is 6.08 Å². The number of carboxylic acids is 1. The molecule has 0 aliphatic rings. The van der Waals surface area contributed by atoms with Crippen molar-refractivity contribution in [2.75, 3.05) is 0 Å². The molecule has 3 heteroatoms. The Morgan fingerprint density at radius 3 is 2.15 bits per heavy atom. The fraction of sp³-hybridized carbons (Fsp3) is 0.700. The minimum atomic E-state index is -1.11. The summed E-state index contributed by atoms with van der Waals surface area (Å²) < 4.78 is 0. The van der Waals surface area contributed by atoms with Gasteiger partial charge in [0.2, 0.25) is 0 Å². The Balaban J connectivity index is 4.47. The van der Waals surface area contributed by atoms with Gasteiger partial charge in [-0.2, -0.15) is 0 Å². The van der Waals surface area contributed by atoms with E-state index in [0.29, 0.717) is 0 Å². The zero-order valence-electron chi connectivity index (χ0n) is 8.50. The van der Waals surface area contributed by atoms with Crippen molar-refractivity contribution >= 4 is 5.97 Å². The first kappa shape index (κ1) is 12.2. The predicted octanol–water partition coefficient (Wildman–Crippen LogP) is 1.81. The summed E-state index contributed by atoms with van der Waals surface area (Å²) in [6.07, 6.45) is 1.59. The molecule has 13 heavy (non-hydrogen) atoms. The standard InChI is InChI=1S/C10H18O3/c1-5-10(13,9(2,3)4)7-6-8(11)12/h5,13H,1,6-7H2,2-4H3,(H,11,12). The van der Waals surface area contributed by atoms with E-state index in [9.17, 15) is 9.90 Å². The van der Waals surface area contributed by atoms with Crippen LogP contribution in [0.5, 0.6) is 0 Å². The molecule has 2 N–H and O–H groups in total. The molecule has 0 aromatic heterocycles. The van der Waals surface area contributed by atoms with Crippen molar-refractivity contribution in [1.82, 2.24) is 0 Å². The van der Waals surface area contributed by atoms with Gasteiger partial charge in [-0.1, -0.05) is 26.8 Å². The first-order chi connectivity index (χ1) is 5.73. The first-order valence-corrected chi connectivity index (χ1v) is 4.31. The van der Waals surface area contributed by atoms with E-state index in [4.69, 9.17) is 5.11 Å². The van der Waals surface area contributed by atoms with Crippen molar-refractivity contribution in [1.29, 1.82) is 0 Å². The van der Waals surface area contributed by atoms with Gasteiger partial charge in [-0.05, 0) is 11.8 Å². The van der Waals surface area contributed by atoms with E-state index < -0.39 is 11.6 Å². The van der Waals surface area contributed by atoms with Gasteiger partial charge in [-0.15, -0.1) is 6.58 Å². The summed E-state index contributed by atoms with van der Waals surface area (Å²) in [4.78, 5) is 10.3. The fourth-order valence-corrected chi connectivity index (χ4v) is 1.08. The normalized spacial score (nSPS) is 16.3. The highest BCUT2D eigenvalue weighted by Crippen LogP contribution is 2.34. The molecule has 0 rings (SSSR count). The van der Waals surface area contributed by atoms with Gasteiger partial charge in [0.1, 0.15) is 0 Å². The Morgan fingerprint density at radius 2 is 1.92 bits per heavy atom. The second kappa shape index (κ2) is 3.92. The molecule has 1 unspecified atom stereocenters. The average Bonchev–Trinajstić information content (AvgIpc) is 1.98. The lowest BCUT2D eigenvalue weighted by molar-refractivity contribution is -0.139. The SMILES string of the molecule is C=CC(O)(CCC(=O)O)C(C)(C)C. The van der Waals surface area contributed by atoms with Crippen molar-refractivity contribution in [3.8, 4) is 0 Å². The number of carbonyl (C=O) groups is 1. The van der Waals surface area contributed by atoms with Crippen LogP contribution in [0.4, 0.5) is 0 Å². The molecule has 0 aromatic rings. The molecule has 0 saturated carbocycles. The van der Waals surface area contributed by atoms with E-state index in [-0.39, 0.29) is 18.3 Å². The fourth-order valence-electron chi connectivity index (χ4n) is 1.08. The number of rotatable bonds is 4. The Kier molecular flexibility index (Phi) is 3.67. The number of aliphatic carboxylic acids is 1. The van der Waals surface area contributed by atoms with Crippen molar-refractivity contribution in [2.45, 2.75) is 39.2 Å². The van der Waals surface area contributed by atoms with Crippen molar-refractivity contribution in [2.24, 2.45) is 5.41 Å². The van der Waals surface area contributed by atoms with Crippen LogP contribution in [0.1, 0.15) is 33.6 Å². The third kappa shape index (κ3) is 3.19. The van der Waals surface area contributed by atoms with E-state index in [1.807, 2.05) is 20.8 Å².